The van der Waals surface area contributed by atoms with Gasteiger partial charge in [-0.25, -0.2) is 0 Å². The molecule has 0 aliphatic heterocycles. The summed E-state index contributed by atoms with van der Waals surface area (Å²) >= 11 is 0. The summed E-state index contributed by atoms with van der Waals surface area (Å²) < 4.78 is 0. The Balaban J connectivity index is -0.0000000312. The van der Waals surface area contributed by atoms with E-state index in [1.807, 2.05) is 30.7 Å². The summed E-state index contributed by atoms with van der Waals surface area (Å²) in [6.07, 6.45) is 10.0. The molecule has 0 spiro atoms. The van der Waals surface area contributed by atoms with Crippen LogP contribution in [-0.2, 0) is 0 Å². The predicted octanol–water partition coefficient (Wildman–Crippen LogP) is 2.45. The van der Waals surface area contributed by atoms with Crippen LogP contribution >= 0.6 is 0 Å². The molecule has 0 fully saturated rings. The summed E-state index contributed by atoms with van der Waals surface area (Å²) in [5, 5.41) is 0. The Morgan fingerprint density at radius 2 is 1.12 bits per heavy atom. The molecule has 47 valence electrons. The molecule has 0 aromatic rings. The first-order valence-corrected chi connectivity index (χ1v) is 1.67. The minimum absolute atomic E-state index is 0. The quantitative estimate of drug-likeness (QED) is 0.547. The Bertz CT molecular complexity index is 67.0. The van der Waals surface area contributed by atoms with Crippen LogP contribution in [0.2, 0.25) is 0 Å². The van der Waals surface area contributed by atoms with Crippen molar-refractivity contribution in [2.24, 2.45) is 0 Å². The van der Waals surface area contributed by atoms with Gasteiger partial charge < -0.3 is 0 Å². The second-order valence-corrected chi connectivity index (χ2v) is 0.962. The van der Waals surface area contributed by atoms with Crippen molar-refractivity contribution in [3.05, 3.63) is 30.7 Å². The smallest absolute Gasteiger partial charge is 0.00506 e. The monoisotopic (exact) mass is 219 g/mol. The second-order valence-electron chi connectivity index (χ2n) is 0.962. The average Bonchev–Trinajstić information content (AvgIpc) is 1.76. The second kappa shape index (κ2) is 10.3. The zero-order chi connectivity index (χ0) is 3.54. The van der Waals surface area contributed by atoms with Gasteiger partial charge in [0.15, 0.2) is 0 Å². The van der Waals surface area contributed by atoms with Crippen LogP contribution in [0, 0.1) is 6.42 Å². The van der Waals surface area contributed by atoms with E-state index in [9.17, 15) is 0 Å². The fourth-order valence-electron chi connectivity index (χ4n) is 0.321. The number of rotatable bonds is 0. The zero-order valence-electron chi connectivity index (χ0n) is 3.39. The molecule has 0 saturated heterocycles. The molecular formula is C7H15Sn. The van der Waals surface area contributed by atoms with Gasteiger partial charge in [-0.1, -0.05) is 39.2 Å². The van der Waals surface area contributed by atoms with Crippen LogP contribution in [0.25, 0.3) is 0 Å². The third-order valence-electron chi connectivity index (χ3n) is 0.556. The molecular weight excluding hydrogens is 203 g/mol. The fourth-order valence-corrected chi connectivity index (χ4v) is 0.321. The maximum Gasteiger partial charge on any atom is 0.00506 e. The van der Waals surface area contributed by atoms with Crippen LogP contribution in [0.15, 0.2) is 24.3 Å². The van der Waals surface area contributed by atoms with Crippen molar-refractivity contribution in [2.75, 3.05) is 0 Å². The van der Waals surface area contributed by atoms with Crippen LogP contribution in [0.4, 0.5) is 0 Å². The molecule has 1 heteroatoms. The normalized spacial score (nSPS) is 11.0. The predicted molar refractivity (Wildman–Crippen MR) is 43.9 cm³/mol. The SMILES string of the molecule is C.C.[CH]1C=CC=C1.[HH].[Sn]. The first kappa shape index (κ1) is 15.7. The zero-order valence-corrected chi connectivity index (χ0v) is 6.24. The van der Waals surface area contributed by atoms with Gasteiger partial charge in [0.25, 0.3) is 0 Å². The topological polar surface area (TPSA) is 0 Å². The van der Waals surface area contributed by atoms with E-state index in [1.54, 1.807) is 0 Å². The molecule has 0 atom stereocenters. The Morgan fingerprint density at radius 1 is 0.750 bits per heavy atom. The maximum absolute atomic E-state index is 2.00. The van der Waals surface area contributed by atoms with Crippen molar-refractivity contribution >= 4 is 23.9 Å². The summed E-state index contributed by atoms with van der Waals surface area (Å²) in [4.78, 5) is 0. The molecule has 8 heavy (non-hydrogen) atoms. The Hall–Kier alpha value is 0.279. The van der Waals surface area contributed by atoms with E-state index in [2.05, 4.69) is 0 Å². The van der Waals surface area contributed by atoms with Gasteiger partial charge >= 0.3 is 0 Å². The van der Waals surface area contributed by atoms with Gasteiger partial charge in [0.05, 0.1) is 0 Å². The molecule has 5 radical (unpaired) electrons. The molecule has 1 aliphatic rings. The van der Waals surface area contributed by atoms with Crippen molar-refractivity contribution in [2.45, 2.75) is 14.9 Å². The summed E-state index contributed by atoms with van der Waals surface area (Å²) in [6, 6.07) is 0. The standard InChI is InChI=1S/C5H5.2CH4.Sn.H2/c1-2-4-5-3-1;;;;/h1-5H;2*1H4;;1H. The Labute approximate surface area is 71.1 Å². The van der Waals surface area contributed by atoms with Crippen LogP contribution in [-0.4, -0.2) is 23.9 Å². The molecule has 0 N–H and O–H groups in total. The minimum Gasteiger partial charge on any atom is -0.0776 e. The van der Waals surface area contributed by atoms with Crippen LogP contribution < -0.4 is 0 Å². The number of hydrogen-bond donors (Lipinski definition) is 0. The van der Waals surface area contributed by atoms with Crippen LogP contribution in [0.1, 0.15) is 16.3 Å². The molecule has 0 heterocycles. The van der Waals surface area contributed by atoms with E-state index in [-0.39, 0.29) is 40.2 Å². The third-order valence-corrected chi connectivity index (χ3v) is 0.556. The van der Waals surface area contributed by atoms with Crippen molar-refractivity contribution < 1.29 is 1.43 Å². The number of allylic oxidation sites excluding steroid dienone is 4. The van der Waals surface area contributed by atoms with E-state index >= 15 is 0 Å². The molecule has 0 aromatic carbocycles. The molecule has 0 aromatic heterocycles. The molecule has 0 bridgehead atoms. The molecule has 0 nitrogen and oxygen atoms in total. The van der Waals surface area contributed by atoms with Gasteiger partial charge in [-0.3, -0.25) is 0 Å². The molecule has 1 aliphatic carbocycles. The van der Waals surface area contributed by atoms with E-state index in [4.69, 9.17) is 0 Å². The molecule has 0 unspecified atom stereocenters. The van der Waals surface area contributed by atoms with Crippen LogP contribution in [0.3, 0.4) is 0 Å². The van der Waals surface area contributed by atoms with E-state index in [0.29, 0.717) is 0 Å². The first-order chi connectivity index (χ1) is 2.50. The van der Waals surface area contributed by atoms with E-state index in [1.165, 1.54) is 0 Å². The third kappa shape index (κ3) is 6.28. The van der Waals surface area contributed by atoms with Gasteiger partial charge in [0.1, 0.15) is 0 Å². The molecule has 1 rings (SSSR count). The van der Waals surface area contributed by atoms with E-state index < -0.39 is 0 Å². The summed E-state index contributed by atoms with van der Waals surface area (Å²) in [5.41, 5.74) is 0. The Morgan fingerprint density at radius 3 is 1.25 bits per heavy atom. The molecule has 0 saturated carbocycles. The average molecular weight is 218 g/mol. The Kier molecular flexibility index (Phi) is 20.3. The van der Waals surface area contributed by atoms with Crippen molar-refractivity contribution in [3.8, 4) is 0 Å². The van der Waals surface area contributed by atoms with Crippen molar-refractivity contribution in [1.82, 2.24) is 0 Å². The van der Waals surface area contributed by atoms with Gasteiger partial charge in [0, 0.05) is 31.8 Å². The minimum atomic E-state index is 0. The van der Waals surface area contributed by atoms with Gasteiger partial charge in [-0.2, -0.15) is 0 Å². The number of hydrogen-bond acceptors (Lipinski definition) is 0. The summed E-state index contributed by atoms with van der Waals surface area (Å²) in [5.74, 6) is 0. The van der Waals surface area contributed by atoms with Crippen molar-refractivity contribution in [1.29, 1.82) is 0 Å². The first-order valence-electron chi connectivity index (χ1n) is 1.67. The summed E-state index contributed by atoms with van der Waals surface area (Å²) in [7, 11) is 0. The van der Waals surface area contributed by atoms with E-state index in [0.717, 1.165) is 0 Å². The molecule has 0 amide bonds. The van der Waals surface area contributed by atoms with Gasteiger partial charge in [0.2, 0.25) is 0 Å². The largest absolute Gasteiger partial charge is 0.0776 e. The van der Waals surface area contributed by atoms with Gasteiger partial charge in [-0.05, 0) is 0 Å². The van der Waals surface area contributed by atoms with Crippen molar-refractivity contribution in [3.63, 3.8) is 0 Å². The van der Waals surface area contributed by atoms with Crippen LogP contribution in [0.5, 0.6) is 0 Å². The fraction of sp³-hybridized carbons (Fsp3) is 0.286. The van der Waals surface area contributed by atoms with Gasteiger partial charge in [-0.15, -0.1) is 0 Å². The summed E-state index contributed by atoms with van der Waals surface area (Å²) in [6.45, 7) is 0. The maximum atomic E-state index is 2.00.